The van der Waals surface area contributed by atoms with Gasteiger partial charge in [-0.1, -0.05) is 0 Å². The van der Waals surface area contributed by atoms with Crippen LogP contribution >= 0.6 is 0 Å². The molecule has 0 unspecified atom stereocenters. The van der Waals surface area contributed by atoms with Gasteiger partial charge in [-0.15, -0.1) is 0 Å². The number of nitrogens with one attached hydrogen (secondary N) is 2. The predicted molar refractivity (Wildman–Crippen MR) is 105 cm³/mol. The number of carbonyl (C=O) groups is 2. The Bertz CT molecular complexity index is 756. The fourth-order valence-electron chi connectivity index (χ4n) is 3.03. The minimum absolute atomic E-state index is 0.107. The van der Waals surface area contributed by atoms with Crippen molar-refractivity contribution in [2.24, 2.45) is 0 Å². The highest BCUT2D eigenvalue weighted by Crippen LogP contribution is 2.13. The van der Waals surface area contributed by atoms with Gasteiger partial charge < -0.3 is 15.5 Å². The summed E-state index contributed by atoms with van der Waals surface area (Å²) in [5.74, 6) is -0.110. The molecule has 3 rings (SSSR count). The lowest BCUT2D eigenvalue weighted by atomic mass is 10.2. The molecule has 0 bridgehead atoms. The van der Waals surface area contributed by atoms with Gasteiger partial charge in [0, 0.05) is 62.9 Å². The highest BCUT2D eigenvalue weighted by molar-refractivity contribution is 5.95. The van der Waals surface area contributed by atoms with Crippen LogP contribution in [0.3, 0.4) is 0 Å². The molecule has 1 saturated heterocycles. The summed E-state index contributed by atoms with van der Waals surface area (Å²) in [6.45, 7) is 6.40. The summed E-state index contributed by atoms with van der Waals surface area (Å²) >= 11 is 0. The Kier molecular flexibility index (Phi) is 6.38. The summed E-state index contributed by atoms with van der Waals surface area (Å²) in [5.41, 5.74) is 2.50. The van der Waals surface area contributed by atoms with Gasteiger partial charge >= 0.3 is 6.03 Å². The third kappa shape index (κ3) is 5.27. The summed E-state index contributed by atoms with van der Waals surface area (Å²) < 4.78 is 0. The second-order valence-corrected chi connectivity index (χ2v) is 6.49. The normalized spacial score (nSPS) is 14.6. The summed E-state index contributed by atoms with van der Waals surface area (Å²) in [5, 5.41) is 5.66. The topological polar surface area (TPSA) is 77.6 Å². The van der Waals surface area contributed by atoms with Crippen LogP contribution in [0.25, 0.3) is 0 Å². The van der Waals surface area contributed by atoms with Gasteiger partial charge in [-0.05, 0) is 48.9 Å². The minimum Gasteiger partial charge on any atom is -0.352 e. The number of carbonyl (C=O) groups excluding carboxylic acids is 2. The largest absolute Gasteiger partial charge is 0.352 e. The number of piperazine rings is 1. The van der Waals surface area contributed by atoms with E-state index in [-0.39, 0.29) is 11.9 Å². The van der Waals surface area contributed by atoms with Crippen LogP contribution in [-0.2, 0) is 6.54 Å². The Hall–Kier alpha value is -2.93. The third-order valence-corrected chi connectivity index (χ3v) is 4.55. The van der Waals surface area contributed by atoms with E-state index in [1.807, 2.05) is 24.0 Å². The van der Waals surface area contributed by atoms with Crippen molar-refractivity contribution < 1.29 is 9.59 Å². The molecule has 0 saturated carbocycles. The fraction of sp³-hybridized carbons (Fsp3) is 0.350. The van der Waals surface area contributed by atoms with Crippen molar-refractivity contribution in [1.82, 2.24) is 20.1 Å². The molecule has 0 spiro atoms. The predicted octanol–water partition coefficient (Wildman–Crippen LogP) is 2.18. The van der Waals surface area contributed by atoms with Crippen LogP contribution < -0.4 is 10.6 Å². The van der Waals surface area contributed by atoms with Crippen molar-refractivity contribution in [1.29, 1.82) is 0 Å². The number of benzene rings is 1. The third-order valence-electron chi connectivity index (χ3n) is 4.55. The van der Waals surface area contributed by atoms with Crippen molar-refractivity contribution in [2.45, 2.75) is 13.5 Å². The van der Waals surface area contributed by atoms with E-state index in [2.05, 4.69) is 20.5 Å². The average Bonchev–Trinajstić information content (AvgIpc) is 2.70. The Morgan fingerprint density at radius 2 is 1.67 bits per heavy atom. The number of pyridine rings is 1. The molecule has 2 aromatic rings. The molecule has 1 aliphatic rings. The van der Waals surface area contributed by atoms with Gasteiger partial charge in [-0.3, -0.25) is 14.7 Å². The second kappa shape index (κ2) is 9.14. The Morgan fingerprint density at radius 1 is 1.00 bits per heavy atom. The van der Waals surface area contributed by atoms with E-state index in [1.54, 1.807) is 36.7 Å². The number of nitrogens with zero attached hydrogens (tertiary/aromatic N) is 3. The monoisotopic (exact) mass is 367 g/mol. The molecule has 27 heavy (non-hydrogen) atoms. The summed E-state index contributed by atoms with van der Waals surface area (Å²) in [7, 11) is 0. The molecule has 1 aliphatic heterocycles. The van der Waals surface area contributed by atoms with Gasteiger partial charge in [0.1, 0.15) is 0 Å². The zero-order chi connectivity index (χ0) is 19.1. The van der Waals surface area contributed by atoms with Crippen molar-refractivity contribution >= 4 is 17.6 Å². The Morgan fingerprint density at radius 3 is 2.30 bits per heavy atom. The van der Waals surface area contributed by atoms with E-state index in [9.17, 15) is 9.59 Å². The molecular formula is C20H25N5O2. The lowest BCUT2D eigenvalue weighted by Crippen LogP contribution is -2.49. The molecule has 142 valence electrons. The molecule has 0 atom stereocenters. The quantitative estimate of drug-likeness (QED) is 0.849. The second-order valence-electron chi connectivity index (χ2n) is 6.49. The molecule has 1 aromatic carbocycles. The van der Waals surface area contributed by atoms with E-state index in [0.717, 1.165) is 19.6 Å². The SMILES string of the molecule is CCNC(=O)c1ccc(NC(=O)N2CCN(Cc3ccncc3)CC2)cc1. The molecule has 7 nitrogen and oxygen atoms in total. The highest BCUT2D eigenvalue weighted by Gasteiger charge is 2.21. The molecule has 2 N–H and O–H groups in total. The number of amides is 3. The summed E-state index contributed by atoms with van der Waals surface area (Å²) in [6.07, 6.45) is 3.60. The maximum absolute atomic E-state index is 12.5. The molecule has 7 heteroatoms. The van der Waals surface area contributed by atoms with Crippen LogP contribution in [0, 0.1) is 0 Å². The molecule has 1 aromatic heterocycles. The first-order chi connectivity index (χ1) is 13.2. The van der Waals surface area contributed by atoms with Gasteiger partial charge in [-0.25, -0.2) is 4.79 Å². The number of hydrogen-bond donors (Lipinski definition) is 2. The van der Waals surface area contributed by atoms with Crippen LogP contribution in [0.1, 0.15) is 22.8 Å². The number of anilines is 1. The first-order valence-electron chi connectivity index (χ1n) is 9.21. The van der Waals surface area contributed by atoms with Crippen LogP contribution in [0.4, 0.5) is 10.5 Å². The van der Waals surface area contributed by atoms with E-state index < -0.39 is 0 Å². The maximum Gasteiger partial charge on any atom is 0.321 e. The molecular weight excluding hydrogens is 342 g/mol. The van der Waals surface area contributed by atoms with Gasteiger partial charge in [0.15, 0.2) is 0 Å². The van der Waals surface area contributed by atoms with Crippen LogP contribution in [-0.4, -0.2) is 59.4 Å². The lowest BCUT2D eigenvalue weighted by Gasteiger charge is -2.34. The Labute approximate surface area is 159 Å². The fourth-order valence-corrected chi connectivity index (χ4v) is 3.03. The van der Waals surface area contributed by atoms with Gasteiger partial charge in [0.2, 0.25) is 0 Å². The van der Waals surface area contributed by atoms with Crippen LogP contribution in [0.5, 0.6) is 0 Å². The number of aromatic nitrogens is 1. The number of rotatable bonds is 5. The molecule has 2 heterocycles. The standard InChI is InChI=1S/C20H25N5O2/c1-2-22-19(26)17-3-5-18(6-4-17)23-20(27)25-13-11-24(12-14-25)15-16-7-9-21-10-8-16/h3-10H,2,11-15H2,1H3,(H,22,26)(H,23,27). The average molecular weight is 367 g/mol. The summed E-state index contributed by atoms with van der Waals surface area (Å²) in [4.78, 5) is 32.4. The first kappa shape index (κ1) is 18.8. The Balaban J connectivity index is 1.47. The van der Waals surface area contributed by atoms with Crippen LogP contribution in [0.15, 0.2) is 48.8 Å². The zero-order valence-electron chi connectivity index (χ0n) is 15.5. The van der Waals surface area contributed by atoms with Crippen molar-refractivity contribution in [3.63, 3.8) is 0 Å². The molecule has 3 amide bonds. The zero-order valence-corrected chi connectivity index (χ0v) is 15.5. The number of hydrogen-bond acceptors (Lipinski definition) is 4. The van der Waals surface area contributed by atoms with Crippen molar-refractivity contribution in [3.8, 4) is 0 Å². The van der Waals surface area contributed by atoms with E-state index in [1.165, 1.54) is 5.56 Å². The first-order valence-corrected chi connectivity index (χ1v) is 9.21. The van der Waals surface area contributed by atoms with Crippen LogP contribution in [0.2, 0.25) is 0 Å². The van der Waals surface area contributed by atoms with E-state index in [4.69, 9.17) is 0 Å². The molecule has 0 aliphatic carbocycles. The smallest absolute Gasteiger partial charge is 0.321 e. The van der Waals surface area contributed by atoms with Crippen molar-refractivity contribution in [2.75, 3.05) is 38.0 Å². The highest BCUT2D eigenvalue weighted by atomic mass is 16.2. The maximum atomic E-state index is 12.5. The number of urea groups is 1. The summed E-state index contributed by atoms with van der Waals surface area (Å²) in [6, 6.07) is 10.9. The minimum atomic E-state index is -0.110. The molecule has 0 radical (unpaired) electrons. The molecule has 1 fully saturated rings. The lowest BCUT2D eigenvalue weighted by molar-refractivity contribution is 0.0956. The van der Waals surface area contributed by atoms with E-state index in [0.29, 0.717) is 30.9 Å². The van der Waals surface area contributed by atoms with Gasteiger partial charge in [0.05, 0.1) is 0 Å². The van der Waals surface area contributed by atoms with E-state index >= 15 is 0 Å². The van der Waals surface area contributed by atoms with Gasteiger partial charge in [0.25, 0.3) is 5.91 Å². The van der Waals surface area contributed by atoms with Crippen molar-refractivity contribution in [3.05, 3.63) is 59.9 Å². The van der Waals surface area contributed by atoms with Gasteiger partial charge in [-0.2, -0.15) is 0 Å².